The molecule has 0 amide bonds. The van der Waals surface area contributed by atoms with Crippen molar-refractivity contribution in [1.82, 2.24) is 45.9 Å². The van der Waals surface area contributed by atoms with E-state index in [1.165, 1.54) is 26.6 Å². The van der Waals surface area contributed by atoms with Gasteiger partial charge in [-0.05, 0) is 65.9 Å². The van der Waals surface area contributed by atoms with Gasteiger partial charge >= 0.3 is 80.4 Å². The van der Waals surface area contributed by atoms with Crippen molar-refractivity contribution in [1.29, 1.82) is 0 Å². The molecule has 4 heterocycles. The number of carboxylic acids is 1. The second-order valence-corrected chi connectivity index (χ2v) is 9.53. The molecule has 0 radical (unpaired) electrons. The number of hydrogen-bond donors (Lipinski definition) is 1. The van der Waals surface area contributed by atoms with Gasteiger partial charge in [0.1, 0.15) is 11.8 Å². The molecule has 0 spiro atoms. The number of nitrogens with one attached hydrogen (secondary N) is 1. The Hall–Kier alpha value is -4.27. The van der Waals surface area contributed by atoms with Crippen LogP contribution in [-0.2, 0) is 33.4 Å². The van der Waals surface area contributed by atoms with E-state index < -0.39 is 47.0 Å². The number of aromatic amines is 1. The van der Waals surface area contributed by atoms with E-state index >= 15 is 0 Å². The number of carbonyl (C=O) groups excluding carboxylic acids is 6. The topological polar surface area (TPSA) is 326 Å². The van der Waals surface area contributed by atoms with Gasteiger partial charge in [-0.15, -0.1) is 35.7 Å². The van der Waals surface area contributed by atoms with Crippen LogP contribution >= 0.6 is 11.6 Å². The fourth-order valence-electron chi connectivity index (χ4n) is 2.81. The molecule has 26 heteroatoms. The van der Waals surface area contributed by atoms with Gasteiger partial charge in [0.25, 0.3) is 11.7 Å². The summed E-state index contributed by atoms with van der Waals surface area (Å²) in [5.41, 5.74) is 0. The third-order valence-electron chi connectivity index (χ3n) is 5.24. The first-order chi connectivity index (χ1) is 25.5. The van der Waals surface area contributed by atoms with Crippen LogP contribution in [0, 0.1) is 20.8 Å². The average molecular weight is 827 g/mol. The number of aliphatic imine (C=N–C) groups is 1. The first-order valence-corrected chi connectivity index (χ1v) is 16.3. The maximum atomic E-state index is 11.1. The number of nitrogens with zero attached hydrogens (tertiary/aromatic N) is 11. The number of rotatable bonds is 11. The van der Waals surface area contributed by atoms with Gasteiger partial charge in [-0.2, -0.15) is 10.3 Å². The molecule has 1 atom stereocenters. The van der Waals surface area contributed by atoms with Crippen LogP contribution in [0.15, 0.2) is 24.1 Å². The molecule has 0 saturated heterocycles. The molecule has 1 aliphatic heterocycles. The molecule has 3 aromatic heterocycles. The molecular weight excluding hydrogens is 783 g/mol. The van der Waals surface area contributed by atoms with E-state index in [2.05, 4.69) is 101 Å². The number of azo groups is 1. The maximum absolute atomic E-state index is 11.1. The Kier molecular flexibility index (Phi) is 33.1. The Labute approximate surface area is 363 Å². The van der Waals surface area contributed by atoms with Crippen LogP contribution in [0.25, 0.3) is 0 Å². The number of Topliss-reactive ketones (excluding diaryl/α,β-unsaturated/α-hetero) is 1. The van der Waals surface area contributed by atoms with E-state index in [-0.39, 0.29) is 76.4 Å². The second kappa shape index (κ2) is 33.1. The number of hydrogen-bond acceptors (Lipinski definition) is 23. The van der Waals surface area contributed by atoms with E-state index in [0.717, 1.165) is 0 Å². The number of H-pyrrole nitrogens is 1. The molecule has 0 aliphatic carbocycles. The number of carbonyl (C=O) groups is 6. The fourth-order valence-corrected chi connectivity index (χ4v) is 2.86. The quantitative estimate of drug-likeness (QED) is 0.0704. The van der Waals surface area contributed by atoms with Gasteiger partial charge in [-0.3, -0.25) is 9.59 Å². The zero-order valence-electron chi connectivity index (χ0n) is 32.5. The zero-order chi connectivity index (χ0) is 41.6. The van der Waals surface area contributed by atoms with Gasteiger partial charge in [-0.1, -0.05) is 26.0 Å². The van der Waals surface area contributed by atoms with E-state index in [0.29, 0.717) is 24.2 Å². The molecule has 24 nitrogen and oxygen atoms in total. The SMILES string of the molecule is CCN(CC)CC.CCOC(=O)C(=O)C1N=NC(C)=N1.CCOC(=O)C(=O)Cl.CCOC(=O)c1nnc(C)o1.Cc1nn[nH]n1.Cc1nnc(C(=O)[O-])o1.[K+]. The molecule has 55 heavy (non-hydrogen) atoms. The third-order valence-corrected chi connectivity index (χ3v) is 5.39. The van der Waals surface area contributed by atoms with Crippen molar-refractivity contribution >= 4 is 52.3 Å². The third kappa shape index (κ3) is 27.0. The number of carboxylic acid groups (broad SMARTS) is 1. The van der Waals surface area contributed by atoms with Crippen LogP contribution < -0.4 is 56.5 Å². The fraction of sp³-hybridized carbons (Fsp3) is 0.586. The minimum Gasteiger partial charge on any atom is -0.540 e. The van der Waals surface area contributed by atoms with Crippen molar-refractivity contribution in [3.05, 3.63) is 29.4 Å². The first-order valence-electron chi connectivity index (χ1n) is 15.9. The predicted molar refractivity (Wildman–Crippen MR) is 182 cm³/mol. The van der Waals surface area contributed by atoms with E-state index in [4.69, 9.17) is 16.0 Å². The smallest absolute Gasteiger partial charge is 0.540 e. The minimum atomic E-state index is -1.45. The van der Waals surface area contributed by atoms with Gasteiger partial charge in [0.15, 0.2) is 5.82 Å². The van der Waals surface area contributed by atoms with Gasteiger partial charge in [-0.25, -0.2) is 19.4 Å². The second-order valence-electron chi connectivity index (χ2n) is 9.18. The summed E-state index contributed by atoms with van der Waals surface area (Å²) in [6.07, 6.45) is -1.03. The van der Waals surface area contributed by atoms with Crippen LogP contribution in [0.1, 0.15) is 87.4 Å². The number of amidine groups is 1. The number of ether oxygens (including phenoxy) is 3. The molecular formula is C29H44ClKN12O12. The van der Waals surface area contributed by atoms with Crippen LogP contribution in [0.3, 0.4) is 0 Å². The number of aromatic nitrogens is 8. The molecule has 0 aromatic carbocycles. The number of esters is 3. The summed E-state index contributed by atoms with van der Waals surface area (Å²) in [5, 5.41) is 42.0. The minimum absolute atomic E-state index is 0. The average Bonchev–Trinajstić information content (AvgIpc) is 3.97. The summed E-state index contributed by atoms with van der Waals surface area (Å²) in [7, 11) is 0. The normalized spacial score (nSPS) is 11.6. The first kappa shape index (κ1) is 55.1. The molecule has 1 N–H and O–H groups in total. The largest absolute Gasteiger partial charge is 1.00 e. The molecule has 0 fully saturated rings. The number of tetrazole rings is 1. The van der Waals surface area contributed by atoms with Crippen molar-refractivity contribution < 1.29 is 108 Å². The van der Waals surface area contributed by atoms with E-state index in [1.54, 1.807) is 41.5 Å². The number of aromatic carboxylic acids is 1. The molecule has 0 saturated carbocycles. The van der Waals surface area contributed by atoms with Crippen LogP contribution in [-0.4, -0.2) is 132 Å². The van der Waals surface area contributed by atoms with Gasteiger partial charge < -0.3 is 37.8 Å². The Morgan fingerprint density at radius 1 is 0.745 bits per heavy atom. The predicted octanol–water partition coefficient (Wildman–Crippen LogP) is -2.20. The van der Waals surface area contributed by atoms with Crippen molar-refractivity contribution in [2.75, 3.05) is 39.5 Å². The standard InChI is InChI=1S/C7H9N3O3.C6H8N2O3.C6H15N.C4H5ClO3.C4H4N2O3.C2H4N4.K/c1-3-13-7(12)5(11)6-8-4(2)9-10-6;1-3-10-6(9)5-8-7-4(2)11-5;1-4-7(5-2)6-3;1-2-8-4(7)3(5)6;1-2-5-6-3(9-2)4(7)8;1-2-3-5-6-4-2;/h6H,3H2,1-2H3;3H2,1-2H3;4-6H2,1-3H3;2H2,1H3;1H3,(H,7,8);1H3,(H,3,4,5,6);/q;;;;;;+1/p-1. The van der Waals surface area contributed by atoms with E-state index in [1.807, 2.05) is 0 Å². The van der Waals surface area contributed by atoms with Crippen LogP contribution in [0.5, 0.6) is 0 Å². The zero-order valence-corrected chi connectivity index (χ0v) is 36.4. The summed E-state index contributed by atoms with van der Waals surface area (Å²) >= 11 is 4.69. The number of halogens is 1. The molecule has 4 rings (SSSR count). The molecule has 0 bridgehead atoms. The summed E-state index contributed by atoms with van der Waals surface area (Å²) < 4.78 is 22.5. The van der Waals surface area contributed by atoms with Crippen LogP contribution in [0.4, 0.5) is 0 Å². The number of aryl methyl sites for hydroxylation is 3. The summed E-state index contributed by atoms with van der Waals surface area (Å²) in [6, 6.07) is 0. The van der Waals surface area contributed by atoms with Gasteiger partial charge in [0.05, 0.1) is 19.8 Å². The van der Waals surface area contributed by atoms with Crippen molar-refractivity contribution in [2.45, 2.75) is 75.4 Å². The molecule has 300 valence electrons. The molecule has 1 aliphatic rings. The van der Waals surface area contributed by atoms with Crippen molar-refractivity contribution in [3.63, 3.8) is 0 Å². The Bertz CT molecular complexity index is 1620. The monoisotopic (exact) mass is 826 g/mol. The summed E-state index contributed by atoms with van der Waals surface area (Å²) in [6.45, 7) is 22.2. The van der Waals surface area contributed by atoms with E-state index in [9.17, 15) is 33.9 Å². The van der Waals surface area contributed by atoms with Crippen LogP contribution in [0.2, 0.25) is 0 Å². The maximum Gasteiger partial charge on any atom is 1.00 e. The molecule has 3 aromatic rings. The van der Waals surface area contributed by atoms with Crippen molar-refractivity contribution in [3.8, 4) is 0 Å². The molecule has 1 unspecified atom stereocenters. The summed E-state index contributed by atoms with van der Waals surface area (Å²) in [5.74, 6) is -3.64. The Morgan fingerprint density at radius 3 is 1.49 bits per heavy atom. The van der Waals surface area contributed by atoms with Gasteiger partial charge in [0, 0.05) is 13.8 Å². The number of ketones is 1. The summed E-state index contributed by atoms with van der Waals surface area (Å²) in [4.78, 5) is 68.7. The Balaban J connectivity index is -0.000000599. The van der Waals surface area contributed by atoms with Gasteiger partial charge in [0.2, 0.25) is 17.9 Å². The Morgan fingerprint density at radius 2 is 1.24 bits per heavy atom. The van der Waals surface area contributed by atoms with Crippen molar-refractivity contribution in [2.24, 2.45) is 15.2 Å².